The van der Waals surface area contributed by atoms with Crippen LogP contribution >= 0.6 is 0 Å². The minimum absolute atomic E-state index is 0.167. The first-order valence-corrected chi connectivity index (χ1v) is 4.74. The molecule has 4 heteroatoms. The largest absolute Gasteiger partial charge is 0.437 e. The van der Waals surface area contributed by atoms with Gasteiger partial charge in [-0.15, -0.1) is 0 Å². The smallest absolute Gasteiger partial charge is 0.203 e. The van der Waals surface area contributed by atoms with Crippen molar-refractivity contribution in [1.82, 2.24) is 4.98 Å². The fraction of sp³-hybridized carbons (Fsp3) is 0.600. The van der Waals surface area contributed by atoms with E-state index in [2.05, 4.69) is 4.98 Å². The van der Waals surface area contributed by atoms with Gasteiger partial charge in [-0.25, -0.2) is 4.98 Å². The van der Waals surface area contributed by atoms with Gasteiger partial charge in [-0.1, -0.05) is 0 Å². The molecule has 1 aliphatic rings. The van der Waals surface area contributed by atoms with Crippen LogP contribution in [0.25, 0.3) is 0 Å². The number of aromatic nitrogens is 1. The Morgan fingerprint density at radius 1 is 1.64 bits per heavy atom. The zero-order valence-corrected chi connectivity index (χ0v) is 8.16. The number of oxazole rings is 1. The maximum absolute atomic E-state index is 10.4. The number of hydrogen-bond acceptors (Lipinski definition) is 4. The van der Waals surface area contributed by atoms with E-state index in [1.807, 2.05) is 6.92 Å². The Morgan fingerprint density at radius 2 is 2.50 bits per heavy atom. The normalized spacial score (nSPS) is 27.5. The second-order valence-corrected chi connectivity index (χ2v) is 3.90. The molecule has 0 N–H and O–H groups in total. The third-order valence-electron chi connectivity index (χ3n) is 2.59. The van der Waals surface area contributed by atoms with Gasteiger partial charge >= 0.3 is 0 Å². The van der Waals surface area contributed by atoms with E-state index in [1.54, 1.807) is 0 Å². The molecule has 0 aromatic carbocycles. The molecule has 0 radical (unpaired) electrons. The Morgan fingerprint density at radius 3 is 3.07 bits per heavy atom. The molecule has 76 valence electrons. The fourth-order valence-corrected chi connectivity index (χ4v) is 1.72. The Balaban J connectivity index is 2.23. The molecule has 0 bridgehead atoms. The van der Waals surface area contributed by atoms with Crippen LogP contribution in [0.5, 0.6) is 0 Å². The molecule has 0 aliphatic carbocycles. The summed E-state index contributed by atoms with van der Waals surface area (Å²) in [6.45, 7) is 3.47. The standard InChI is InChI=1S/C10H13NO3/c1-10(3-2-4-13-7-10)9-11-5-8(6-12)14-9/h5-6H,2-4,7H2,1H3. The van der Waals surface area contributed by atoms with Gasteiger partial charge in [0.1, 0.15) is 0 Å². The highest BCUT2D eigenvalue weighted by Gasteiger charge is 2.34. The molecule has 1 fully saturated rings. The van der Waals surface area contributed by atoms with Gasteiger partial charge in [0, 0.05) is 6.61 Å². The third-order valence-corrected chi connectivity index (χ3v) is 2.59. The van der Waals surface area contributed by atoms with Gasteiger partial charge in [-0.2, -0.15) is 0 Å². The van der Waals surface area contributed by atoms with Crippen molar-refractivity contribution in [1.29, 1.82) is 0 Å². The van der Waals surface area contributed by atoms with Crippen molar-refractivity contribution >= 4 is 6.29 Å². The summed E-state index contributed by atoms with van der Waals surface area (Å²) in [5, 5.41) is 0. The first-order chi connectivity index (χ1) is 6.74. The number of carbonyl (C=O) groups excluding carboxylic acids is 1. The van der Waals surface area contributed by atoms with Gasteiger partial charge in [-0.05, 0) is 19.8 Å². The molecule has 1 atom stereocenters. The van der Waals surface area contributed by atoms with Crippen LogP contribution in [0.4, 0.5) is 0 Å². The van der Waals surface area contributed by atoms with Crippen molar-refractivity contribution in [3.8, 4) is 0 Å². The minimum atomic E-state index is -0.167. The lowest BCUT2D eigenvalue weighted by Gasteiger charge is -2.29. The maximum atomic E-state index is 10.4. The fourth-order valence-electron chi connectivity index (χ4n) is 1.72. The average Bonchev–Trinajstić information content (AvgIpc) is 2.67. The highest BCUT2D eigenvalue weighted by Crippen LogP contribution is 2.31. The van der Waals surface area contributed by atoms with Crippen molar-refractivity contribution < 1.29 is 13.9 Å². The molecule has 4 nitrogen and oxygen atoms in total. The summed E-state index contributed by atoms with van der Waals surface area (Å²) in [7, 11) is 0. The summed E-state index contributed by atoms with van der Waals surface area (Å²) in [6, 6.07) is 0. The van der Waals surface area contributed by atoms with Crippen LogP contribution in [0, 0.1) is 0 Å². The summed E-state index contributed by atoms with van der Waals surface area (Å²) in [4.78, 5) is 14.5. The van der Waals surface area contributed by atoms with E-state index in [9.17, 15) is 4.79 Å². The number of nitrogens with zero attached hydrogens (tertiary/aromatic N) is 1. The van der Waals surface area contributed by atoms with E-state index in [0.29, 0.717) is 18.8 Å². The molecule has 1 aromatic rings. The van der Waals surface area contributed by atoms with Gasteiger partial charge in [0.05, 0.1) is 18.2 Å². The highest BCUT2D eigenvalue weighted by molar-refractivity contribution is 5.69. The first-order valence-electron chi connectivity index (χ1n) is 4.74. The summed E-state index contributed by atoms with van der Waals surface area (Å²) < 4.78 is 10.7. The van der Waals surface area contributed by atoms with Gasteiger partial charge in [0.15, 0.2) is 12.0 Å². The molecule has 1 saturated heterocycles. The zero-order chi connectivity index (χ0) is 10.0. The number of hydrogen-bond donors (Lipinski definition) is 0. The molecule has 1 unspecified atom stereocenters. The van der Waals surface area contributed by atoms with Crippen molar-refractivity contribution in [2.45, 2.75) is 25.2 Å². The van der Waals surface area contributed by atoms with Crippen molar-refractivity contribution in [2.24, 2.45) is 0 Å². The quantitative estimate of drug-likeness (QED) is 0.672. The predicted octanol–water partition coefficient (Wildman–Crippen LogP) is 1.56. The third kappa shape index (κ3) is 1.57. The molecular formula is C10H13NO3. The molecule has 0 spiro atoms. The Bertz CT molecular complexity index is 326. The topological polar surface area (TPSA) is 52.3 Å². The summed E-state index contributed by atoms with van der Waals surface area (Å²) in [5.41, 5.74) is -0.167. The molecule has 1 aliphatic heterocycles. The van der Waals surface area contributed by atoms with Crippen molar-refractivity contribution in [3.63, 3.8) is 0 Å². The molecule has 14 heavy (non-hydrogen) atoms. The lowest BCUT2D eigenvalue weighted by molar-refractivity contribution is 0.0303. The SMILES string of the molecule is CC1(c2ncc(C=O)o2)CCCOC1. The Hall–Kier alpha value is -1.16. The monoisotopic (exact) mass is 195 g/mol. The average molecular weight is 195 g/mol. The van der Waals surface area contributed by atoms with Crippen molar-refractivity contribution in [2.75, 3.05) is 13.2 Å². The second kappa shape index (κ2) is 3.53. The number of aldehydes is 1. The van der Waals surface area contributed by atoms with E-state index < -0.39 is 0 Å². The van der Waals surface area contributed by atoms with Crippen LogP contribution in [-0.4, -0.2) is 24.5 Å². The molecule has 2 heterocycles. The van der Waals surface area contributed by atoms with Crippen molar-refractivity contribution in [3.05, 3.63) is 17.8 Å². The van der Waals surface area contributed by atoms with E-state index in [0.717, 1.165) is 19.4 Å². The first kappa shape index (κ1) is 9.40. The second-order valence-electron chi connectivity index (χ2n) is 3.90. The number of rotatable bonds is 2. The number of ether oxygens (including phenoxy) is 1. The van der Waals surface area contributed by atoms with Crippen LogP contribution in [0.1, 0.15) is 36.2 Å². The van der Waals surface area contributed by atoms with Gasteiger partial charge in [0.25, 0.3) is 0 Å². The molecule has 0 amide bonds. The molecular weight excluding hydrogens is 182 g/mol. The van der Waals surface area contributed by atoms with Crippen LogP contribution in [0.2, 0.25) is 0 Å². The summed E-state index contributed by atoms with van der Waals surface area (Å²) in [5.74, 6) is 0.895. The number of carbonyl (C=O) groups is 1. The summed E-state index contributed by atoms with van der Waals surface area (Å²) in [6.07, 6.45) is 4.13. The Kier molecular flexibility index (Phi) is 2.37. The van der Waals surface area contributed by atoms with E-state index in [1.165, 1.54) is 6.20 Å². The van der Waals surface area contributed by atoms with Crippen LogP contribution in [0.15, 0.2) is 10.6 Å². The maximum Gasteiger partial charge on any atom is 0.203 e. The van der Waals surface area contributed by atoms with E-state index in [-0.39, 0.29) is 11.2 Å². The molecule has 0 saturated carbocycles. The van der Waals surface area contributed by atoms with E-state index >= 15 is 0 Å². The lowest BCUT2D eigenvalue weighted by atomic mass is 9.85. The highest BCUT2D eigenvalue weighted by atomic mass is 16.5. The predicted molar refractivity (Wildman–Crippen MR) is 49.3 cm³/mol. The van der Waals surface area contributed by atoms with Crippen LogP contribution in [0.3, 0.4) is 0 Å². The zero-order valence-electron chi connectivity index (χ0n) is 8.16. The lowest BCUT2D eigenvalue weighted by Crippen LogP contribution is -2.33. The van der Waals surface area contributed by atoms with E-state index in [4.69, 9.17) is 9.15 Å². The Labute approximate surface area is 82.3 Å². The van der Waals surface area contributed by atoms with Crippen LogP contribution < -0.4 is 0 Å². The molecule has 2 rings (SSSR count). The van der Waals surface area contributed by atoms with Crippen LogP contribution in [-0.2, 0) is 10.2 Å². The molecule has 1 aromatic heterocycles. The van der Waals surface area contributed by atoms with Gasteiger partial charge < -0.3 is 9.15 Å². The van der Waals surface area contributed by atoms with Gasteiger partial charge in [-0.3, -0.25) is 4.79 Å². The minimum Gasteiger partial charge on any atom is -0.437 e. The van der Waals surface area contributed by atoms with Gasteiger partial charge in [0.2, 0.25) is 5.89 Å². The summed E-state index contributed by atoms with van der Waals surface area (Å²) >= 11 is 0.